The number of unbranched alkanes of at least 4 members (excludes halogenated alkanes) is 2. The van der Waals surface area contributed by atoms with Crippen molar-refractivity contribution in [2.45, 2.75) is 97.5 Å². The Morgan fingerprint density at radius 2 is 0.810 bits per heavy atom. The standard InChI is InChI=1S/C58H62N2O3/c1-7-10-42-57(4,5)46-26-28-49(29-27-46)59(47-18-14-12-15-19-47)50-30-32-51(33-31-50)60(48-20-16-13-17-21-48)52-34-40-54(41-35-52)62-53-36-22-44(23-37-53)56(61)45-24-38-55(39-25-45)63-58(6,9-3)43-11-8-2/h12-41H,7-11,42-43H2,1-6H3/t58-/m1/s1. The van der Waals surface area contributed by atoms with Gasteiger partial charge < -0.3 is 19.3 Å². The van der Waals surface area contributed by atoms with Gasteiger partial charge in [0.25, 0.3) is 0 Å². The van der Waals surface area contributed by atoms with Crippen molar-refractivity contribution < 1.29 is 14.3 Å². The van der Waals surface area contributed by atoms with E-state index in [-0.39, 0.29) is 16.8 Å². The van der Waals surface area contributed by atoms with Gasteiger partial charge >= 0.3 is 0 Å². The number of anilines is 6. The van der Waals surface area contributed by atoms with E-state index in [1.165, 1.54) is 24.8 Å². The Balaban J connectivity index is 1.06. The van der Waals surface area contributed by atoms with Gasteiger partial charge in [0, 0.05) is 45.3 Å². The van der Waals surface area contributed by atoms with Gasteiger partial charge in [-0.25, -0.2) is 0 Å². The topological polar surface area (TPSA) is 42.0 Å². The number of hydrogen-bond acceptors (Lipinski definition) is 5. The first-order chi connectivity index (χ1) is 30.6. The van der Waals surface area contributed by atoms with Crippen LogP contribution >= 0.6 is 0 Å². The third-order valence-electron chi connectivity index (χ3n) is 12.2. The van der Waals surface area contributed by atoms with Crippen LogP contribution in [0, 0.1) is 0 Å². The van der Waals surface area contributed by atoms with Gasteiger partial charge in [0.2, 0.25) is 0 Å². The average molecular weight is 835 g/mol. The second kappa shape index (κ2) is 20.5. The van der Waals surface area contributed by atoms with Crippen molar-refractivity contribution in [3.8, 4) is 17.2 Å². The molecular weight excluding hydrogens is 773 g/mol. The van der Waals surface area contributed by atoms with Crippen LogP contribution in [0.3, 0.4) is 0 Å². The molecule has 1 atom stereocenters. The van der Waals surface area contributed by atoms with Crippen LogP contribution in [-0.4, -0.2) is 11.4 Å². The van der Waals surface area contributed by atoms with Gasteiger partial charge in [0.1, 0.15) is 22.8 Å². The number of carbonyl (C=O) groups is 1. The summed E-state index contributed by atoms with van der Waals surface area (Å²) in [4.78, 5) is 18.0. The molecule has 0 unspecified atom stereocenters. The summed E-state index contributed by atoms with van der Waals surface area (Å²) in [5.74, 6) is 2.10. The van der Waals surface area contributed by atoms with Crippen molar-refractivity contribution in [2.75, 3.05) is 9.80 Å². The molecule has 0 fully saturated rings. The molecule has 0 spiro atoms. The van der Waals surface area contributed by atoms with Crippen LogP contribution in [0.2, 0.25) is 0 Å². The highest BCUT2D eigenvalue weighted by Crippen LogP contribution is 2.40. The highest BCUT2D eigenvalue weighted by Gasteiger charge is 2.24. The molecule has 7 aromatic rings. The molecule has 322 valence electrons. The molecule has 0 bridgehead atoms. The zero-order valence-electron chi connectivity index (χ0n) is 37.9. The Kier molecular flexibility index (Phi) is 14.5. The normalized spacial score (nSPS) is 12.3. The number of hydrogen-bond donors (Lipinski definition) is 0. The van der Waals surface area contributed by atoms with Crippen LogP contribution in [0.25, 0.3) is 0 Å². The van der Waals surface area contributed by atoms with Crippen LogP contribution in [-0.2, 0) is 5.41 Å². The van der Waals surface area contributed by atoms with Crippen molar-refractivity contribution >= 4 is 39.9 Å². The van der Waals surface area contributed by atoms with Gasteiger partial charge in [-0.3, -0.25) is 4.79 Å². The Labute approximate surface area is 376 Å². The fourth-order valence-electron chi connectivity index (χ4n) is 8.07. The number of carbonyl (C=O) groups excluding carboxylic acids is 1. The second-order valence-electron chi connectivity index (χ2n) is 17.4. The minimum Gasteiger partial charge on any atom is -0.488 e. The minimum absolute atomic E-state index is 0.0422. The molecule has 7 aromatic carbocycles. The summed E-state index contributed by atoms with van der Waals surface area (Å²) in [6.07, 6.45) is 7.78. The summed E-state index contributed by atoms with van der Waals surface area (Å²) < 4.78 is 12.6. The molecule has 0 aliphatic carbocycles. The summed E-state index contributed by atoms with van der Waals surface area (Å²) >= 11 is 0. The van der Waals surface area contributed by atoms with E-state index in [0.717, 1.165) is 65.6 Å². The number of benzene rings is 7. The summed E-state index contributed by atoms with van der Waals surface area (Å²) in [5, 5.41) is 0. The molecule has 0 N–H and O–H groups in total. The SMILES string of the molecule is CCCCC(C)(C)c1ccc(N(c2ccccc2)c2ccc(N(c3ccccc3)c3ccc(Oc4ccc(C(=O)c5ccc(O[C@](C)(CC)CCCC)cc5)cc4)cc3)cc2)cc1. The maximum Gasteiger partial charge on any atom is 0.193 e. The third-order valence-corrected chi connectivity index (χ3v) is 12.2. The van der Waals surface area contributed by atoms with E-state index in [2.05, 4.69) is 167 Å². The molecule has 0 aromatic heterocycles. The molecule has 5 nitrogen and oxygen atoms in total. The fourth-order valence-corrected chi connectivity index (χ4v) is 8.07. The highest BCUT2D eigenvalue weighted by atomic mass is 16.5. The smallest absolute Gasteiger partial charge is 0.193 e. The number of rotatable bonds is 20. The van der Waals surface area contributed by atoms with E-state index in [1.807, 2.05) is 66.7 Å². The predicted octanol–water partition coefficient (Wildman–Crippen LogP) is 16.9. The van der Waals surface area contributed by atoms with E-state index in [4.69, 9.17) is 9.47 Å². The fraction of sp³-hybridized carbons (Fsp3) is 0.259. The predicted molar refractivity (Wildman–Crippen MR) is 264 cm³/mol. The van der Waals surface area contributed by atoms with E-state index >= 15 is 0 Å². The first kappa shape index (κ1) is 44.5. The highest BCUT2D eigenvalue weighted by molar-refractivity contribution is 6.09. The molecule has 0 heterocycles. The van der Waals surface area contributed by atoms with Crippen LogP contribution in [0.15, 0.2) is 182 Å². The average Bonchev–Trinajstić information content (AvgIpc) is 3.32. The summed E-state index contributed by atoms with van der Waals surface area (Å²) in [7, 11) is 0. The Morgan fingerprint density at radius 3 is 1.24 bits per heavy atom. The Bertz CT molecular complexity index is 2480. The molecule has 5 heteroatoms. The molecule has 0 aliphatic rings. The van der Waals surface area contributed by atoms with Crippen molar-refractivity contribution in [1.82, 2.24) is 0 Å². The summed E-state index contributed by atoms with van der Waals surface area (Å²) in [5.41, 5.74) is 8.89. The first-order valence-corrected chi connectivity index (χ1v) is 22.7. The molecule has 63 heavy (non-hydrogen) atoms. The van der Waals surface area contributed by atoms with E-state index < -0.39 is 0 Å². The monoisotopic (exact) mass is 834 g/mol. The Hall–Kier alpha value is -6.59. The third kappa shape index (κ3) is 11.1. The summed E-state index contributed by atoms with van der Waals surface area (Å²) in [6.45, 7) is 13.5. The lowest BCUT2D eigenvalue weighted by molar-refractivity contribution is 0.0724. The van der Waals surface area contributed by atoms with Crippen LogP contribution in [0.5, 0.6) is 17.2 Å². The number of para-hydroxylation sites is 2. The van der Waals surface area contributed by atoms with Crippen molar-refractivity contribution in [1.29, 1.82) is 0 Å². The van der Waals surface area contributed by atoms with Gasteiger partial charge in [-0.2, -0.15) is 0 Å². The molecule has 0 saturated carbocycles. The lowest BCUT2D eigenvalue weighted by Crippen LogP contribution is -2.31. The lowest BCUT2D eigenvalue weighted by Gasteiger charge is -2.29. The van der Waals surface area contributed by atoms with Gasteiger partial charge in [-0.15, -0.1) is 0 Å². The zero-order chi connectivity index (χ0) is 44.2. The van der Waals surface area contributed by atoms with Crippen LogP contribution in [0.4, 0.5) is 34.1 Å². The number of nitrogens with zero attached hydrogens (tertiary/aromatic N) is 2. The Morgan fingerprint density at radius 1 is 0.444 bits per heavy atom. The summed E-state index contributed by atoms with van der Waals surface area (Å²) in [6, 6.07) is 61.8. The van der Waals surface area contributed by atoms with E-state index in [1.54, 1.807) is 0 Å². The van der Waals surface area contributed by atoms with Crippen LogP contribution in [0.1, 0.15) is 108 Å². The largest absolute Gasteiger partial charge is 0.488 e. The van der Waals surface area contributed by atoms with Crippen molar-refractivity contribution in [3.63, 3.8) is 0 Å². The molecule has 0 saturated heterocycles. The second-order valence-corrected chi connectivity index (χ2v) is 17.4. The molecule has 7 rings (SSSR count). The number of ether oxygens (including phenoxy) is 2. The first-order valence-electron chi connectivity index (χ1n) is 22.7. The van der Waals surface area contributed by atoms with E-state index in [0.29, 0.717) is 22.6 Å². The van der Waals surface area contributed by atoms with E-state index in [9.17, 15) is 4.79 Å². The van der Waals surface area contributed by atoms with Gasteiger partial charge in [0.15, 0.2) is 5.78 Å². The minimum atomic E-state index is -0.211. The molecule has 0 amide bonds. The molecule has 0 radical (unpaired) electrons. The maximum atomic E-state index is 13.4. The van der Waals surface area contributed by atoms with Crippen molar-refractivity contribution in [3.05, 3.63) is 199 Å². The number of ketones is 1. The van der Waals surface area contributed by atoms with Crippen molar-refractivity contribution in [2.24, 2.45) is 0 Å². The maximum absolute atomic E-state index is 13.4. The quantitative estimate of drug-likeness (QED) is 0.0716. The van der Waals surface area contributed by atoms with Gasteiger partial charge in [-0.05, 0) is 177 Å². The molecule has 0 aliphatic heterocycles. The van der Waals surface area contributed by atoms with Gasteiger partial charge in [0.05, 0.1) is 0 Å². The molecular formula is C58H62N2O3. The van der Waals surface area contributed by atoms with Crippen LogP contribution < -0.4 is 19.3 Å². The lowest BCUT2D eigenvalue weighted by atomic mass is 9.80. The zero-order valence-corrected chi connectivity index (χ0v) is 37.9. The van der Waals surface area contributed by atoms with Gasteiger partial charge in [-0.1, -0.05) is 102 Å².